The second kappa shape index (κ2) is 6.89. The van der Waals surface area contributed by atoms with E-state index in [1.54, 1.807) is 11.3 Å². The molecule has 0 spiro atoms. The van der Waals surface area contributed by atoms with Gasteiger partial charge in [-0.1, -0.05) is 30.4 Å². The molecule has 2 heterocycles. The molecule has 0 bridgehead atoms. The molecular weight excluding hydrogens is 280 g/mol. The molecule has 112 valence electrons. The maximum atomic E-state index is 4.14. The summed E-state index contributed by atoms with van der Waals surface area (Å²) in [4.78, 5) is 2.49. The lowest BCUT2D eigenvalue weighted by Crippen LogP contribution is -2.29. The third-order valence-electron chi connectivity index (χ3n) is 3.87. The minimum atomic E-state index is 0.804. The predicted molar refractivity (Wildman–Crippen MR) is 89.1 cm³/mol. The van der Waals surface area contributed by atoms with Crippen LogP contribution >= 0.6 is 11.3 Å². The minimum absolute atomic E-state index is 0.804. The summed E-state index contributed by atoms with van der Waals surface area (Å²) in [5.74, 6) is 0. The van der Waals surface area contributed by atoms with Gasteiger partial charge < -0.3 is 10.2 Å². The van der Waals surface area contributed by atoms with Crippen LogP contribution in [0.1, 0.15) is 36.8 Å². The Morgan fingerprint density at radius 3 is 2.52 bits per heavy atom. The van der Waals surface area contributed by atoms with Crippen molar-refractivity contribution in [3.8, 4) is 0 Å². The van der Waals surface area contributed by atoms with E-state index in [0.717, 1.165) is 23.1 Å². The van der Waals surface area contributed by atoms with E-state index in [-0.39, 0.29) is 0 Å². The number of benzene rings is 1. The first-order valence-electron chi connectivity index (χ1n) is 7.75. The largest absolute Gasteiger partial charge is 0.372 e. The van der Waals surface area contributed by atoms with Crippen molar-refractivity contribution < 1.29 is 0 Å². The molecule has 0 saturated carbocycles. The van der Waals surface area contributed by atoms with Crippen LogP contribution in [0.25, 0.3) is 0 Å². The van der Waals surface area contributed by atoms with Crippen LogP contribution in [0.3, 0.4) is 0 Å². The quantitative estimate of drug-likeness (QED) is 0.914. The molecule has 0 aliphatic carbocycles. The van der Waals surface area contributed by atoms with E-state index >= 15 is 0 Å². The maximum Gasteiger partial charge on any atom is 0.205 e. The van der Waals surface area contributed by atoms with Gasteiger partial charge in [0.15, 0.2) is 0 Å². The number of nitrogens with zero attached hydrogens (tertiary/aromatic N) is 3. The summed E-state index contributed by atoms with van der Waals surface area (Å²) in [7, 11) is 0. The lowest BCUT2D eigenvalue weighted by Gasteiger charge is -2.28. The molecule has 3 rings (SSSR count). The summed E-state index contributed by atoms with van der Waals surface area (Å²) in [6.07, 6.45) is 4.96. The SMILES string of the molecule is CCc1nnc(NCc2ccc(N3CCCCC3)cc2)s1. The zero-order chi connectivity index (χ0) is 14.5. The predicted octanol–water partition coefficient (Wildman–Crippen LogP) is 3.70. The van der Waals surface area contributed by atoms with Crippen molar-refractivity contribution in [1.29, 1.82) is 0 Å². The fraction of sp³-hybridized carbons (Fsp3) is 0.500. The van der Waals surface area contributed by atoms with Gasteiger partial charge in [0.05, 0.1) is 0 Å². The standard InChI is InChI=1S/C16H22N4S/c1-2-15-18-19-16(21-15)17-12-13-6-8-14(9-7-13)20-10-4-3-5-11-20/h6-9H,2-5,10-12H2,1H3,(H,17,19). The van der Waals surface area contributed by atoms with Crippen LogP contribution in [0.15, 0.2) is 24.3 Å². The molecule has 2 aromatic rings. The van der Waals surface area contributed by atoms with Crippen molar-refractivity contribution >= 4 is 22.2 Å². The molecular formula is C16H22N4S. The monoisotopic (exact) mass is 302 g/mol. The summed E-state index contributed by atoms with van der Waals surface area (Å²) < 4.78 is 0. The third-order valence-corrected chi connectivity index (χ3v) is 4.90. The van der Waals surface area contributed by atoms with Gasteiger partial charge in [-0.3, -0.25) is 0 Å². The highest BCUT2D eigenvalue weighted by atomic mass is 32.1. The Morgan fingerprint density at radius 2 is 1.86 bits per heavy atom. The fourth-order valence-electron chi connectivity index (χ4n) is 2.62. The van der Waals surface area contributed by atoms with Crippen LogP contribution in [0.2, 0.25) is 0 Å². The van der Waals surface area contributed by atoms with Gasteiger partial charge in [-0.15, -0.1) is 10.2 Å². The van der Waals surface area contributed by atoms with Crippen molar-refractivity contribution in [3.05, 3.63) is 34.8 Å². The number of rotatable bonds is 5. The van der Waals surface area contributed by atoms with Crippen LogP contribution in [-0.4, -0.2) is 23.3 Å². The van der Waals surface area contributed by atoms with Crippen LogP contribution in [-0.2, 0) is 13.0 Å². The first-order valence-corrected chi connectivity index (χ1v) is 8.57. The molecule has 1 aromatic heterocycles. The highest BCUT2D eigenvalue weighted by Crippen LogP contribution is 2.21. The number of anilines is 2. The van der Waals surface area contributed by atoms with Crippen LogP contribution in [0.4, 0.5) is 10.8 Å². The zero-order valence-electron chi connectivity index (χ0n) is 12.5. The summed E-state index contributed by atoms with van der Waals surface area (Å²) in [5, 5.41) is 13.6. The average molecular weight is 302 g/mol. The number of hydrogen-bond donors (Lipinski definition) is 1. The highest BCUT2D eigenvalue weighted by molar-refractivity contribution is 7.15. The van der Waals surface area contributed by atoms with Crippen LogP contribution in [0.5, 0.6) is 0 Å². The van der Waals surface area contributed by atoms with Crippen LogP contribution in [0, 0.1) is 0 Å². The van der Waals surface area contributed by atoms with Gasteiger partial charge in [0, 0.05) is 25.3 Å². The number of hydrogen-bond acceptors (Lipinski definition) is 5. The van der Waals surface area contributed by atoms with Crippen molar-refractivity contribution in [1.82, 2.24) is 10.2 Å². The molecule has 5 heteroatoms. The molecule has 1 N–H and O–H groups in total. The van der Waals surface area contributed by atoms with Crippen molar-refractivity contribution in [2.75, 3.05) is 23.3 Å². The first-order chi connectivity index (χ1) is 10.3. The van der Waals surface area contributed by atoms with E-state index in [0.29, 0.717) is 0 Å². The number of aromatic nitrogens is 2. The molecule has 21 heavy (non-hydrogen) atoms. The summed E-state index contributed by atoms with van der Waals surface area (Å²) in [6.45, 7) is 5.30. The van der Waals surface area contributed by atoms with E-state index in [2.05, 4.69) is 51.6 Å². The first kappa shape index (κ1) is 14.3. The number of piperidine rings is 1. The van der Waals surface area contributed by atoms with Crippen molar-refractivity contribution in [3.63, 3.8) is 0 Å². The van der Waals surface area contributed by atoms with Crippen molar-refractivity contribution in [2.24, 2.45) is 0 Å². The Hall–Kier alpha value is -1.62. The van der Waals surface area contributed by atoms with Gasteiger partial charge >= 0.3 is 0 Å². The molecule has 1 fully saturated rings. The topological polar surface area (TPSA) is 41.1 Å². The van der Waals surface area contributed by atoms with Gasteiger partial charge in [-0.25, -0.2) is 0 Å². The average Bonchev–Trinajstić information content (AvgIpc) is 3.02. The summed E-state index contributed by atoms with van der Waals surface area (Å²) in [6, 6.07) is 8.89. The maximum absolute atomic E-state index is 4.14. The van der Waals surface area contributed by atoms with E-state index in [1.165, 1.54) is 43.6 Å². The molecule has 0 amide bonds. The van der Waals surface area contributed by atoms with E-state index < -0.39 is 0 Å². The lowest BCUT2D eigenvalue weighted by molar-refractivity contribution is 0.578. The van der Waals surface area contributed by atoms with Gasteiger partial charge in [-0.2, -0.15) is 0 Å². The van der Waals surface area contributed by atoms with Crippen LogP contribution < -0.4 is 10.2 Å². The fourth-order valence-corrected chi connectivity index (χ4v) is 3.30. The van der Waals surface area contributed by atoms with Crippen molar-refractivity contribution in [2.45, 2.75) is 39.2 Å². The minimum Gasteiger partial charge on any atom is -0.372 e. The Morgan fingerprint density at radius 1 is 1.10 bits per heavy atom. The molecule has 0 radical (unpaired) electrons. The molecule has 4 nitrogen and oxygen atoms in total. The molecule has 0 atom stereocenters. The van der Waals surface area contributed by atoms with Gasteiger partial charge in [-0.05, 0) is 43.4 Å². The summed E-state index contributed by atoms with van der Waals surface area (Å²) in [5.41, 5.74) is 2.63. The lowest BCUT2D eigenvalue weighted by atomic mass is 10.1. The van der Waals surface area contributed by atoms with E-state index in [4.69, 9.17) is 0 Å². The molecule has 1 saturated heterocycles. The van der Waals surface area contributed by atoms with Gasteiger partial charge in [0.1, 0.15) is 5.01 Å². The number of aryl methyl sites for hydroxylation is 1. The zero-order valence-corrected chi connectivity index (χ0v) is 13.3. The summed E-state index contributed by atoms with van der Waals surface area (Å²) >= 11 is 1.64. The Bertz CT molecular complexity index is 558. The highest BCUT2D eigenvalue weighted by Gasteiger charge is 2.10. The Kier molecular flexibility index (Phi) is 4.70. The van der Waals surface area contributed by atoms with E-state index in [1.807, 2.05) is 0 Å². The normalized spacial score (nSPS) is 15.2. The molecule has 1 aliphatic heterocycles. The van der Waals surface area contributed by atoms with E-state index in [9.17, 15) is 0 Å². The second-order valence-corrected chi connectivity index (χ2v) is 6.48. The third kappa shape index (κ3) is 3.73. The van der Waals surface area contributed by atoms with Gasteiger partial charge in [0.25, 0.3) is 0 Å². The number of nitrogens with one attached hydrogen (secondary N) is 1. The second-order valence-electron chi connectivity index (χ2n) is 5.42. The molecule has 1 aliphatic rings. The van der Waals surface area contributed by atoms with Gasteiger partial charge in [0.2, 0.25) is 5.13 Å². The Balaban J connectivity index is 1.56. The molecule has 0 unspecified atom stereocenters. The smallest absolute Gasteiger partial charge is 0.205 e. The molecule has 1 aromatic carbocycles. The Labute approximate surface area is 130 Å².